The van der Waals surface area contributed by atoms with Gasteiger partial charge in [-0.25, -0.2) is 13.2 Å². The van der Waals surface area contributed by atoms with Crippen LogP contribution in [0.3, 0.4) is 0 Å². The molecular weight excluding hydrogens is 545 g/mol. The molecule has 3 aromatic rings. The lowest BCUT2D eigenvalue weighted by atomic mass is 10.0. The van der Waals surface area contributed by atoms with Gasteiger partial charge in [-0.3, -0.25) is 4.79 Å². The van der Waals surface area contributed by atoms with Crippen LogP contribution in [0.25, 0.3) is 0 Å². The minimum atomic E-state index is -4.40. The number of nitrogens with zero attached hydrogens (tertiary/aromatic N) is 1. The third kappa shape index (κ3) is 8.73. The first-order valence-electron chi connectivity index (χ1n) is 13.5. The van der Waals surface area contributed by atoms with Crippen LogP contribution in [0.4, 0.5) is 9.18 Å². The molecule has 0 saturated carbocycles. The number of hydrogen-bond acceptors (Lipinski definition) is 5. The van der Waals surface area contributed by atoms with Gasteiger partial charge in [0.25, 0.3) is 0 Å². The van der Waals surface area contributed by atoms with Crippen LogP contribution in [0.5, 0.6) is 0 Å². The normalized spacial score (nSPS) is 15.5. The molecule has 8 nitrogen and oxygen atoms in total. The van der Waals surface area contributed by atoms with E-state index in [9.17, 15) is 18.0 Å². The molecule has 1 aliphatic heterocycles. The van der Waals surface area contributed by atoms with Crippen molar-refractivity contribution in [2.24, 2.45) is 0 Å². The number of urea groups is 1. The summed E-state index contributed by atoms with van der Waals surface area (Å²) in [7, 11) is -4.40. The second kappa shape index (κ2) is 14.6. The first-order valence-corrected chi connectivity index (χ1v) is 15.0. The van der Waals surface area contributed by atoms with Crippen LogP contribution < -0.4 is 10.6 Å². The molecule has 10 heteroatoms. The van der Waals surface area contributed by atoms with E-state index in [2.05, 4.69) is 10.6 Å². The zero-order valence-corrected chi connectivity index (χ0v) is 23.4. The molecule has 3 aromatic carbocycles. The highest BCUT2D eigenvalue weighted by Gasteiger charge is 2.28. The molecule has 0 bridgehead atoms. The van der Waals surface area contributed by atoms with Gasteiger partial charge in [0.2, 0.25) is 20.9 Å². The summed E-state index contributed by atoms with van der Waals surface area (Å²) < 4.78 is 46.4. The summed E-state index contributed by atoms with van der Waals surface area (Å²) in [5, 5.41) is 4.25. The van der Waals surface area contributed by atoms with E-state index in [1.165, 1.54) is 24.3 Å². The number of amides is 3. The van der Waals surface area contributed by atoms with E-state index in [4.69, 9.17) is 4.74 Å². The van der Waals surface area contributed by atoms with Crippen molar-refractivity contribution in [3.8, 4) is 0 Å². The Labute approximate surface area is 240 Å². The van der Waals surface area contributed by atoms with Gasteiger partial charge >= 0.3 is 6.03 Å². The number of carbonyl (C=O) groups is 2. The van der Waals surface area contributed by atoms with Gasteiger partial charge in [0.1, 0.15) is 6.04 Å². The van der Waals surface area contributed by atoms with Gasteiger partial charge in [0.15, 0.2) is 0 Å². The van der Waals surface area contributed by atoms with E-state index in [1.807, 2.05) is 60.7 Å². The maximum atomic E-state index is 15.3. The zero-order valence-electron chi connectivity index (χ0n) is 22.6. The number of halogens is 1. The molecule has 4 rings (SSSR count). The van der Waals surface area contributed by atoms with Crippen molar-refractivity contribution in [1.29, 1.82) is 0 Å². The minimum absolute atomic E-state index is 0.179. The molecule has 0 aliphatic carbocycles. The summed E-state index contributed by atoms with van der Waals surface area (Å²) >= 11 is 0. The first-order chi connectivity index (χ1) is 19.8. The number of morpholine rings is 1. The van der Waals surface area contributed by atoms with E-state index in [1.54, 1.807) is 11.0 Å². The minimum Gasteiger partial charge on any atom is -0.378 e. The number of sulfone groups is 1. The van der Waals surface area contributed by atoms with Gasteiger partial charge in [-0.2, -0.15) is 4.39 Å². The van der Waals surface area contributed by atoms with E-state index in [0.717, 1.165) is 17.2 Å². The second-order valence-electron chi connectivity index (χ2n) is 9.72. The number of aryl methyl sites for hydroxylation is 1. The molecular formula is C31H34FN3O5S. The highest BCUT2D eigenvalue weighted by atomic mass is 32.2. The zero-order chi connectivity index (χ0) is 29.1. The highest BCUT2D eigenvalue weighted by molar-refractivity contribution is 7.95. The Morgan fingerprint density at radius 3 is 2.02 bits per heavy atom. The fourth-order valence-corrected chi connectivity index (χ4v) is 5.56. The third-order valence-electron chi connectivity index (χ3n) is 6.75. The van der Waals surface area contributed by atoms with Crippen LogP contribution in [-0.4, -0.2) is 63.6 Å². The maximum Gasteiger partial charge on any atom is 0.318 e. The highest BCUT2D eigenvalue weighted by Crippen LogP contribution is 2.21. The standard InChI is InChI=1S/C31H34FN3O5S/c32-29(41(38,39)27-14-8-3-9-15-27)23-26(17-16-24-10-4-1-5-11-24)33-30(36)28(22-25-12-6-2-7-13-25)34-31(37)35-18-20-40-21-19-35/h1-15,23,26,28H,16-22H2,(H,33,36)(H,34,37). The lowest BCUT2D eigenvalue weighted by Gasteiger charge is -2.29. The Morgan fingerprint density at radius 2 is 1.41 bits per heavy atom. The molecule has 1 aliphatic rings. The van der Waals surface area contributed by atoms with Crippen molar-refractivity contribution in [1.82, 2.24) is 15.5 Å². The SMILES string of the molecule is O=C(NC(C=C(F)S(=O)(=O)c1ccccc1)CCc1ccccc1)C(Cc1ccccc1)NC(=O)N1CCOCC1. The molecule has 2 unspecified atom stereocenters. The van der Waals surface area contributed by atoms with Gasteiger partial charge in [-0.1, -0.05) is 78.9 Å². The molecule has 0 aromatic heterocycles. The van der Waals surface area contributed by atoms with Crippen LogP contribution >= 0.6 is 0 Å². The molecule has 1 saturated heterocycles. The van der Waals surface area contributed by atoms with E-state index >= 15 is 4.39 Å². The predicted molar refractivity (Wildman–Crippen MR) is 154 cm³/mol. The first kappa shape index (κ1) is 30.0. The number of carbonyl (C=O) groups excluding carboxylic acids is 2. The average Bonchev–Trinajstić information content (AvgIpc) is 3.01. The molecule has 2 atom stereocenters. The third-order valence-corrected chi connectivity index (χ3v) is 8.29. The van der Waals surface area contributed by atoms with Crippen molar-refractivity contribution in [3.05, 3.63) is 113 Å². The van der Waals surface area contributed by atoms with Crippen LogP contribution in [0.15, 0.2) is 107 Å². The summed E-state index contributed by atoms with van der Waals surface area (Å²) in [5.74, 6) is -0.547. The maximum absolute atomic E-state index is 15.3. The number of hydrogen-bond donors (Lipinski definition) is 2. The Kier molecular flexibility index (Phi) is 10.6. The van der Waals surface area contributed by atoms with Crippen molar-refractivity contribution >= 4 is 21.8 Å². The molecule has 41 heavy (non-hydrogen) atoms. The quantitative estimate of drug-likeness (QED) is 0.357. The molecule has 0 radical (unpaired) electrons. The predicted octanol–water partition coefficient (Wildman–Crippen LogP) is 4.04. The van der Waals surface area contributed by atoms with Crippen molar-refractivity contribution < 1.29 is 27.1 Å². The fraction of sp³-hybridized carbons (Fsp3) is 0.290. The molecule has 216 valence electrons. The summed E-state index contributed by atoms with van der Waals surface area (Å²) in [4.78, 5) is 28.0. The molecule has 2 N–H and O–H groups in total. The number of ether oxygens (including phenoxy) is 1. The van der Waals surface area contributed by atoms with Gasteiger partial charge < -0.3 is 20.3 Å². The number of rotatable bonds is 11. The molecule has 3 amide bonds. The summed E-state index contributed by atoms with van der Waals surface area (Å²) in [6.07, 6.45) is 1.84. The fourth-order valence-electron chi connectivity index (χ4n) is 4.47. The van der Waals surface area contributed by atoms with Crippen LogP contribution in [0.2, 0.25) is 0 Å². The topological polar surface area (TPSA) is 105 Å². The van der Waals surface area contributed by atoms with E-state index in [-0.39, 0.29) is 17.7 Å². The van der Waals surface area contributed by atoms with Crippen LogP contribution in [-0.2, 0) is 32.2 Å². The number of benzene rings is 3. The van der Waals surface area contributed by atoms with Crippen molar-refractivity contribution in [2.75, 3.05) is 26.3 Å². The lowest BCUT2D eigenvalue weighted by Crippen LogP contribution is -2.55. The Hall–Kier alpha value is -4.02. The Balaban J connectivity index is 1.57. The van der Waals surface area contributed by atoms with Gasteiger partial charge in [-0.05, 0) is 42.2 Å². The Morgan fingerprint density at radius 1 is 0.854 bits per heavy atom. The van der Waals surface area contributed by atoms with Crippen molar-refractivity contribution in [2.45, 2.75) is 36.2 Å². The van der Waals surface area contributed by atoms with Gasteiger partial charge in [0.05, 0.1) is 24.2 Å². The summed E-state index contributed by atoms with van der Waals surface area (Å²) in [5.41, 5.74) is 1.78. The van der Waals surface area contributed by atoms with Crippen molar-refractivity contribution in [3.63, 3.8) is 0 Å². The molecule has 1 fully saturated rings. The summed E-state index contributed by atoms with van der Waals surface area (Å²) in [6.45, 7) is 1.61. The summed E-state index contributed by atoms with van der Waals surface area (Å²) in [6, 6.07) is 23.6. The van der Waals surface area contributed by atoms with E-state index in [0.29, 0.717) is 32.7 Å². The second-order valence-corrected chi connectivity index (χ2v) is 11.6. The van der Waals surface area contributed by atoms with Gasteiger partial charge in [0, 0.05) is 19.5 Å². The average molecular weight is 580 g/mol. The molecule has 1 heterocycles. The van der Waals surface area contributed by atoms with Crippen LogP contribution in [0, 0.1) is 0 Å². The monoisotopic (exact) mass is 579 g/mol. The van der Waals surface area contributed by atoms with E-state index < -0.39 is 39.0 Å². The van der Waals surface area contributed by atoms with Crippen LogP contribution in [0.1, 0.15) is 17.5 Å². The Bertz CT molecular complexity index is 1410. The largest absolute Gasteiger partial charge is 0.378 e. The van der Waals surface area contributed by atoms with Gasteiger partial charge in [-0.15, -0.1) is 0 Å². The smallest absolute Gasteiger partial charge is 0.318 e. The molecule has 0 spiro atoms. The lowest BCUT2D eigenvalue weighted by molar-refractivity contribution is -0.123. The number of nitrogens with one attached hydrogen (secondary N) is 2.